The van der Waals surface area contributed by atoms with Crippen molar-refractivity contribution in [2.75, 3.05) is 14.1 Å². The van der Waals surface area contributed by atoms with Gasteiger partial charge in [0.15, 0.2) is 0 Å². The fourth-order valence-corrected chi connectivity index (χ4v) is 1.61. The van der Waals surface area contributed by atoms with Gasteiger partial charge in [0.2, 0.25) is 0 Å². The Morgan fingerprint density at radius 3 is 2.13 bits per heavy atom. The standard InChI is InChI=1S/C11H14BrNO2/c1-11(10(14)15,13(2)3)8-4-6-9(12)7-5-8/h4-7H,1-3H3,(H,14,15). The van der Waals surface area contributed by atoms with Crippen LogP contribution >= 0.6 is 15.9 Å². The van der Waals surface area contributed by atoms with Crippen LogP contribution in [0.2, 0.25) is 0 Å². The van der Waals surface area contributed by atoms with Gasteiger partial charge in [-0.2, -0.15) is 0 Å². The van der Waals surface area contributed by atoms with Gasteiger partial charge in [-0.1, -0.05) is 28.1 Å². The second-order valence-electron chi connectivity index (χ2n) is 3.78. The Labute approximate surface area is 97.8 Å². The summed E-state index contributed by atoms with van der Waals surface area (Å²) in [6.45, 7) is 1.69. The first-order valence-corrected chi connectivity index (χ1v) is 5.35. The summed E-state index contributed by atoms with van der Waals surface area (Å²) in [5.74, 6) is -0.852. The van der Waals surface area contributed by atoms with Gasteiger partial charge >= 0.3 is 5.97 Å². The molecule has 0 amide bonds. The lowest BCUT2D eigenvalue weighted by Crippen LogP contribution is -2.45. The van der Waals surface area contributed by atoms with Crippen molar-refractivity contribution in [3.05, 3.63) is 34.3 Å². The summed E-state index contributed by atoms with van der Waals surface area (Å²) < 4.78 is 0.942. The van der Waals surface area contributed by atoms with Crippen LogP contribution in [0.4, 0.5) is 0 Å². The fourth-order valence-electron chi connectivity index (χ4n) is 1.35. The van der Waals surface area contributed by atoms with E-state index >= 15 is 0 Å². The summed E-state index contributed by atoms with van der Waals surface area (Å²) in [4.78, 5) is 13.0. The predicted octanol–water partition coefficient (Wildman–Crippen LogP) is 2.31. The van der Waals surface area contributed by atoms with Crippen LogP contribution in [-0.2, 0) is 10.3 Å². The molecule has 3 nitrogen and oxygen atoms in total. The molecule has 1 atom stereocenters. The number of hydrogen-bond donors (Lipinski definition) is 1. The minimum atomic E-state index is -0.985. The molecule has 0 bridgehead atoms. The molecule has 1 aromatic carbocycles. The highest BCUT2D eigenvalue weighted by Gasteiger charge is 2.37. The number of carbonyl (C=O) groups is 1. The van der Waals surface area contributed by atoms with Crippen molar-refractivity contribution >= 4 is 21.9 Å². The molecule has 0 heterocycles. The summed E-state index contributed by atoms with van der Waals surface area (Å²) in [5, 5.41) is 9.27. The van der Waals surface area contributed by atoms with Gasteiger partial charge < -0.3 is 5.11 Å². The van der Waals surface area contributed by atoms with E-state index in [0.717, 1.165) is 10.0 Å². The maximum absolute atomic E-state index is 11.3. The Kier molecular flexibility index (Phi) is 3.52. The van der Waals surface area contributed by atoms with E-state index in [1.165, 1.54) is 0 Å². The van der Waals surface area contributed by atoms with Crippen LogP contribution in [0.3, 0.4) is 0 Å². The number of rotatable bonds is 3. The minimum absolute atomic E-state index is 0.767. The van der Waals surface area contributed by atoms with Gasteiger partial charge in [-0.3, -0.25) is 4.90 Å². The monoisotopic (exact) mass is 271 g/mol. The molecular formula is C11H14BrNO2. The molecule has 0 spiro atoms. The smallest absolute Gasteiger partial charge is 0.328 e. The highest BCUT2D eigenvalue weighted by atomic mass is 79.9. The molecule has 1 N–H and O–H groups in total. The van der Waals surface area contributed by atoms with Gasteiger partial charge in [0, 0.05) is 4.47 Å². The van der Waals surface area contributed by atoms with Crippen LogP contribution in [0.5, 0.6) is 0 Å². The Hall–Kier alpha value is -0.870. The largest absolute Gasteiger partial charge is 0.480 e. The fraction of sp³-hybridized carbons (Fsp3) is 0.364. The maximum Gasteiger partial charge on any atom is 0.328 e. The summed E-state index contributed by atoms with van der Waals surface area (Å²) in [7, 11) is 3.52. The molecule has 0 aromatic heterocycles. The number of carboxylic acids is 1. The molecule has 15 heavy (non-hydrogen) atoms. The van der Waals surface area contributed by atoms with Gasteiger partial charge in [-0.15, -0.1) is 0 Å². The predicted molar refractivity (Wildman–Crippen MR) is 62.8 cm³/mol. The highest BCUT2D eigenvalue weighted by molar-refractivity contribution is 9.10. The van der Waals surface area contributed by atoms with Crippen LogP contribution in [0.25, 0.3) is 0 Å². The van der Waals surface area contributed by atoms with Crippen molar-refractivity contribution in [1.29, 1.82) is 0 Å². The zero-order valence-electron chi connectivity index (χ0n) is 8.99. The SMILES string of the molecule is CN(C)C(C)(C(=O)O)c1ccc(Br)cc1. The second-order valence-corrected chi connectivity index (χ2v) is 4.69. The molecule has 1 rings (SSSR count). The first kappa shape index (κ1) is 12.2. The van der Waals surface area contributed by atoms with E-state index in [4.69, 9.17) is 0 Å². The number of carboxylic acid groups (broad SMARTS) is 1. The number of benzene rings is 1. The van der Waals surface area contributed by atoms with Crippen LogP contribution in [0.15, 0.2) is 28.7 Å². The summed E-state index contributed by atoms with van der Waals surface area (Å²) in [6.07, 6.45) is 0. The van der Waals surface area contributed by atoms with Crippen molar-refractivity contribution in [1.82, 2.24) is 4.90 Å². The van der Waals surface area contributed by atoms with E-state index in [1.54, 1.807) is 25.9 Å². The van der Waals surface area contributed by atoms with Gasteiger partial charge in [-0.05, 0) is 38.7 Å². The third-order valence-electron chi connectivity index (χ3n) is 2.72. The van der Waals surface area contributed by atoms with Crippen molar-refractivity contribution in [3.63, 3.8) is 0 Å². The van der Waals surface area contributed by atoms with Gasteiger partial charge in [0.25, 0.3) is 0 Å². The molecule has 0 aliphatic rings. The number of halogens is 1. The van der Waals surface area contributed by atoms with Crippen LogP contribution in [0, 0.1) is 0 Å². The molecule has 4 heteroatoms. The lowest BCUT2D eigenvalue weighted by Gasteiger charge is -2.32. The van der Waals surface area contributed by atoms with Gasteiger partial charge in [-0.25, -0.2) is 4.79 Å². The van der Waals surface area contributed by atoms with Crippen LogP contribution in [0.1, 0.15) is 12.5 Å². The summed E-state index contributed by atoms with van der Waals surface area (Å²) >= 11 is 3.33. The van der Waals surface area contributed by atoms with Crippen LogP contribution < -0.4 is 0 Å². The molecule has 82 valence electrons. The molecule has 0 aliphatic carbocycles. The van der Waals surface area contributed by atoms with Crippen molar-refractivity contribution in [2.24, 2.45) is 0 Å². The average Bonchev–Trinajstić information content (AvgIpc) is 2.17. The molecule has 1 unspecified atom stereocenters. The van der Waals surface area contributed by atoms with E-state index in [1.807, 2.05) is 24.3 Å². The zero-order chi connectivity index (χ0) is 11.6. The maximum atomic E-state index is 11.3. The molecule has 1 aromatic rings. The zero-order valence-corrected chi connectivity index (χ0v) is 10.6. The highest BCUT2D eigenvalue weighted by Crippen LogP contribution is 2.27. The minimum Gasteiger partial charge on any atom is -0.480 e. The summed E-state index contributed by atoms with van der Waals surface area (Å²) in [5.41, 5.74) is -0.219. The average molecular weight is 272 g/mol. The molecule has 0 aliphatic heterocycles. The summed E-state index contributed by atoms with van der Waals surface area (Å²) in [6, 6.07) is 7.33. The first-order chi connectivity index (χ1) is 6.89. The molecule has 0 saturated carbocycles. The Morgan fingerprint density at radius 2 is 1.80 bits per heavy atom. The lowest BCUT2D eigenvalue weighted by atomic mass is 9.91. The van der Waals surface area contributed by atoms with Crippen molar-refractivity contribution in [3.8, 4) is 0 Å². The Bertz CT molecular complexity index is 361. The van der Waals surface area contributed by atoms with Crippen molar-refractivity contribution in [2.45, 2.75) is 12.5 Å². The van der Waals surface area contributed by atoms with Gasteiger partial charge in [0.1, 0.15) is 5.54 Å². The third kappa shape index (κ3) is 2.21. The lowest BCUT2D eigenvalue weighted by molar-refractivity contribution is -0.149. The van der Waals surface area contributed by atoms with Crippen LogP contribution in [-0.4, -0.2) is 30.1 Å². The molecular weight excluding hydrogens is 258 g/mol. The van der Waals surface area contributed by atoms with E-state index in [0.29, 0.717) is 0 Å². The molecule has 0 saturated heterocycles. The van der Waals surface area contributed by atoms with Gasteiger partial charge in [0.05, 0.1) is 0 Å². The number of hydrogen-bond acceptors (Lipinski definition) is 2. The van der Waals surface area contributed by atoms with E-state index in [9.17, 15) is 9.90 Å². The number of nitrogens with zero attached hydrogens (tertiary/aromatic N) is 1. The number of likely N-dealkylation sites (N-methyl/N-ethyl adjacent to an activating group) is 1. The third-order valence-corrected chi connectivity index (χ3v) is 3.25. The molecule has 0 fully saturated rings. The topological polar surface area (TPSA) is 40.5 Å². The van der Waals surface area contributed by atoms with E-state index < -0.39 is 11.5 Å². The Balaban J connectivity index is 3.22. The second kappa shape index (κ2) is 4.33. The van der Waals surface area contributed by atoms with Crippen molar-refractivity contribution < 1.29 is 9.90 Å². The Morgan fingerprint density at radius 1 is 1.33 bits per heavy atom. The first-order valence-electron chi connectivity index (χ1n) is 4.56. The molecule has 0 radical (unpaired) electrons. The number of aliphatic carboxylic acids is 1. The van der Waals surface area contributed by atoms with E-state index in [-0.39, 0.29) is 0 Å². The quantitative estimate of drug-likeness (QED) is 0.917. The normalized spacial score (nSPS) is 15.0. The van der Waals surface area contributed by atoms with E-state index in [2.05, 4.69) is 15.9 Å².